The van der Waals surface area contributed by atoms with Crippen molar-refractivity contribution in [1.82, 2.24) is 0 Å². The van der Waals surface area contributed by atoms with Crippen molar-refractivity contribution in [2.45, 2.75) is 4.90 Å². The second-order valence-electron chi connectivity index (χ2n) is 1.54. The number of hydrogen-bond donors (Lipinski definition) is 0. The Hall–Kier alpha value is -0.390. The third-order valence-electron chi connectivity index (χ3n) is 0.992. The zero-order valence-corrected chi connectivity index (χ0v) is 6.83. The van der Waals surface area contributed by atoms with Gasteiger partial charge in [-0.3, -0.25) is 4.21 Å². The highest BCUT2D eigenvalue weighted by molar-refractivity contribution is 7.79. The SMILES string of the molecule is COc1cscc1S(=O)[O-]. The van der Waals surface area contributed by atoms with Crippen LogP contribution < -0.4 is 4.74 Å². The van der Waals surface area contributed by atoms with Crippen LogP contribution in [0.25, 0.3) is 0 Å². The van der Waals surface area contributed by atoms with Crippen LogP contribution >= 0.6 is 11.3 Å². The molecule has 1 unspecified atom stereocenters. The molecule has 0 saturated carbocycles. The van der Waals surface area contributed by atoms with Crippen LogP contribution in [0.3, 0.4) is 0 Å². The molecule has 0 bridgehead atoms. The van der Waals surface area contributed by atoms with E-state index in [9.17, 15) is 8.76 Å². The molecule has 0 aliphatic rings. The molecule has 0 spiro atoms. The van der Waals surface area contributed by atoms with Crippen LogP contribution in [0.1, 0.15) is 0 Å². The van der Waals surface area contributed by atoms with Gasteiger partial charge in [-0.1, -0.05) is 0 Å². The summed E-state index contributed by atoms with van der Waals surface area (Å²) in [5, 5.41) is 3.17. The van der Waals surface area contributed by atoms with Crippen LogP contribution in [-0.4, -0.2) is 15.9 Å². The number of thiophene rings is 1. The molecule has 1 atom stereocenters. The molecule has 0 aromatic carbocycles. The van der Waals surface area contributed by atoms with Crippen molar-refractivity contribution in [3.63, 3.8) is 0 Å². The Kier molecular flexibility index (Phi) is 2.42. The maximum atomic E-state index is 10.4. The minimum absolute atomic E-state index is 0.229. The van der Waals surface area contributed by atoms with Gasteiger partial charge in [0.25, 0.3) is 0 Å². The molecule has 1 aromatic rings. The molecule has 1 heterocycles. The second kappa shape index (κ2) is 3.14. The van der Waals surface area contributed by atoms with Gasteiger partial charge >= 0.3 is 0 Å². The molecule has 0 aliphatic carbocycles. The molecule has 56 valence electrons. The van der Waals surface area contributed by atoms with Crippen molar-refractivity contribution in [2.24, 2.45) is 0 Å². The fourth-order valence-corrected chi connectivity index (χ4v) is 2.06. The Bertz CT molecular complexity index is 243. The molecule has 1 rings (SSSR count). The van der Waals surface area contributed by atoms with Gasteiger partial charge in [0.2, 0.25) is 0 Å². The van der Waals surface area contributed by atoms with Gasteiger partial charge in [-0.05, 0) is 11.1 Å². The molecule has 1 aromatic heterocycles. The predicted molar refractivity (Wildman–Crippen MR) is 38.1 cm³/mol. The van der Waals surface area contributed by atoms with Crippen LogP contribution in [0.15, 0.2) is 15.7 Å². The van der Waals surface area contributed by atoms with Crippen LogP contribution in [0.5, 0.6) is 5.75 Å². The van der Waals surface area contributed by atoms with Gasteiger partial charge in [0, 0.05) is 10.8 Å². The minimum atomic E-state index is -2.17. The summed E-state index contributed by atoms with van der Waals surface area (Å²) < 4.78 is 25.5. The first-order valence-corrected chi connectivity index (χ1v) is 4.47. The lowest BCUT2D eigenvalue weighted by Crippen LogP contribution is -1.89. The Balaban J connectivity index is 3.01. The van der Waals surface area contributed by atoms with Gasteiger partial charge in [0.15, 0.2) is 0 Å². The Morgan fingerprint density at radius 3 is 2.80 bits per heavy atom. The van der Waals surface area contributed by atoms with Gasteiger partial charge in [0.05, 0.1) is 12.0 Å². The summed E-state index contributed by atoms with van der Waals surface area (Å²) in [6.45, 7) is 0. The summed E-state index contributed by atoms with van der Waals surface area (Å²) in [6, 6.07) is 0. The van der Waals surface area contributed by atoms with Crippen molar-refractivity contribution in [2.75, 3.05) is 7.11 Å². The highest BCUT2D eigenvalue weighted by atomic mass is 32.2. The Morgan fingerprint density at radius 1 is 1.70 bits per heavy atom. The van der Waals surface area contributed by atoms with Crippen molar-refractivity contribution in [1.29, 1.82) is 0 Å². The van der Waals surface area contributed by atoms with Crippen molar-refractivity contribution in [3.8, 4) is 5.75 Å². The molecule has 0 saturated heterocycles. The predicted octanol–water partition coefficient (Wildman–Crippen LogP) is 0.995. The van der Waals surface area contributed by atoms with E-state index in [1.54, 1.807) is 5.38 Å². The number of methoxy groups -OCH3 is 1. The smallest absolute Gasteiger partial charge is 0.144 e. The molecule has 3 nitrogen and oxygen atoms in total. The molecule has 0 amide bonds. The van der Waals surface area contributed by atoms with Crippen LogP contribution in [0.2, 0.25) is 0 Å². The first-order chi connectivity index (χ1) is 4.75. The Labute approximate surface area is 64.9 Å². The first-order valence-electron chi connectivity index (χ1n) is 2.45. The van der Waals surface area contributed by atoms with E-state index in [0.29, 0.717) is 5.75 Å². The fraction of sp³-hybridized carbons (Fsp3) is 0.200. The average molecular weight is 177 g/mol. The molecular formula is C5H5O3S2-. The molecule has 0 fully saturated rings. The van der Waals surface area contributed by atoms with Crippen molar-refractivity contribution >= 4 is 22.4 Å². The summed E-state index contributed by atoms with van der Waals surface area (Å²) in [6.07, 6.45) is 0. The van der Waals surface area contributed by atoms with E-state index in [-0.39, 0.29) is 4.90 Å². The van der Waals surface area contributed by atoms with E-state index in [4.69, 9.17) is 4.74 Å². The van der Waals surface area contributed by atoms with Gasteiger partial charge < -0.3 is 9.29 Å². The Morgan fingerprint density at radius 2 is 2.40 bits per heavy atom. The lowest BCUT2D eigenvalue weighted by Gasteiger charge is -2.03. The largest absolute Gasteiger partial charge is 0.768 e. The standard InChI is InChI=1S/C5H6O3S2/c1-8-4-2-9-3-5(4)10(6)7/h2-3H,1H3,(H,6,7)/p-1. The van der Waals surface area contributed by atoms with Crippen LogP contribution in [-0.2, 0) is 11.1 Å². The molecular weight excluding hydrogens is 172 g/mol. The van der Waals surface area contributed by atoms with E-state index in [0.717, 1.165) is 0 Å². The zero-order valence-electron chi connectivity index (χ0n) is 5.20. The normalized spacial score (nSPS) is 13.0. The molecule has 0 N–H and O–H groups in total. The fourth-order valence-electron chi connectivity index (χ4n) is 0.544. The maximum Gasteiger partial charge on any atom is 0.144 e. The highest BCUT2D eigenvalue weighted by Gasteiger charge is 2.02. The lowest BCUT2D eigenvalue weighted by molar-refractivity contribution is 0.404. The summed E-state index contributed by atoms with van der Waals surface area (Å²) in [5.74, 6) is 0.415. The maximum absolute atomic E-state index is 10.4. The van der Waals surface area contributed by atoms with Crippen molar-refractivity contribution in [3.05, 3.63) is 10.8 Å². The van der Waals surface area contributed by atoms with E-state index in [1.807, 2.05) is 0 Å². The monoisotopic (exact) mass is 177 g/mol. The third kappa shape index (κ3) is 1.36. The summed E-state index contributed by atoms with van der Waals surface area (Å²) in [4.78, 5) is 0.229. The first kappa shape index (κ1) is 7.71. The second-order valence-corrected chi connectivity index (χ2v) is 3.19. The van der Waals surface area contributed by atoms with Gasteiger partial charge in [-0.25, -0.2) is 0 Å². The highest BCUT2D eigenvalue weighted by Crippen LogP contribution is 2.25. The van der Waals surface area contributed by atoms with E-state index < -0.39 is 11.1 Å². The average Bonchev–Trinajstić information content (AvgIpc) is 2.33. The van der Waals surface area contributed by atoms with Gasteiger partial charge in [-0.2, -0.15) is 0 Å². The number of ether oxygens (including phenoxy) is 1. The van der Waals surface area contributed by atoms with Crippen molar-refractivity contribution < 1.29 is 13.5 Å². The number of rotatable bonds is 2. The number of hydrogen-bond acceptors (Lipinski definition) is 4. The minimum Gasteiger partial charge on any atom is -0.768 e. The third-order valence-corrected chi connectivity index (χ3v) is 2.54. The van der Waals surface area contributed by atoms with E-state index in [2.05, 4.69) is 0 Å². The molecule has 10 heavy (non-hydrogen) atoms. The summed E-state index contributed by atoms with van der Waals surface area (Å²) >= 11 is -0.873. The van der Waals surface area contributed by atoms with Gasteiger partial charge in [-0.15, -0.1) is 11.3 Å². The van der Waals surface area contributed by atoms with E-state index >= 15 is 0 Å². The van der Waals surface area contributed by atoms with E-state index in [1.165, 1.54) is 23.8 Å². The topological polar surface area (TPSA) is 49.4 Å². The quantitative estimate of drug-likeness (QED) is 0.633. The zero-order chi connectivity index (χ0) is 7.56. The van der Waals surface area contributed by atoms with Gasteiger partial charge in [0.1, 0.15) is 5.75 Å². The lowest BCUT2D eigenvalue weighted by atomic mass is 10.6. The molecule has 0 aliphatic heterocycles. The summed E-state index contributed by atoms with van der Waals surface area (Å²) in [5.41, 5.74) is 0. The molecule has 5 heteroatoms. The molecule has 0 radical (unpaired) electrons. The summed E-state index contributed by atoms with van der Waals surface area (Å²) in [7, 11) is 1.44. The van der Waals surface area contributed by atoms with Crippen LogP contribution in [0, 0.1) is 0 Å². The van der Waals surface area contributed by atoms with Crippen LogP contribution in [0.4, 0.5) is 0 Å².